The fourth-order valence-corrected chi connectivity index (χ4v) is 2.32. The van der Waals surface area contributed by atoms with Crippen LogP contribution in [0.1, 0.15) is 26.2 Å². The largest absolute Gasteiger partial charge is 0.481 e. The highest BCUT2D eigenvalue weighted by atomic mass is 32.2. The molecule has 0 aromatic heterocycles. The summed E-state index contributed by atoms with van der Waals surface area (Å²) in [6.45, 7) is 1.30. The third kappa shape index (κ3) is 4.18. The molecular weight excluding hydrogens is 234 g/mol. The molecule has 6 nitrogen and oxygen atoms in total. The lowest BCUT2D eigenvalue weighted by Crippen LogP contribution is -2.35. The highest BCUT2D eigenvalue weighted by molar-refractivity contribution is 7.92. The van der Waals surface area contributed by atoms with E-state index in [9.17, 15) is 18.0 Å². The number of sulfone groups is 1. The Morgan fingerprint density at radius 3 is 2.44 bits per heavy atom. The van der Waals surface area contributed by atoms with Crippen molar-refractivity contribution in [3.05, 3.63) is 0 Å². The van der Waals surface area contributed by atoms with Gasteiger partial charge in [0.25, 0.3) is 0 Å². The van der Waals surface area contributed by atoms with E-state index in [0.29, 0.717) is 0 Å². The van der Waals surface area contributed by atoms with Crippen molar-refractivity contribution >= 4 is 21.7 Å². The second kappa shape index (κ2) is 4.82. The molecule has 92 valence electrons. The molecule has 0 spiro atoms. The van der Waals surface area contributed by atoms with E-state index in [4.69, 9.17) is 5.11 Å². The van der Waals surface area contributed by atoms with Gasteiger partial charge in [-0.1, -0.05) is 0 Å². The Morgan fingerprint density at radius 1 is 1.44 bits per heavy atom. The average Bonchev–Trinajstić information content (AvgIpc) is 2.85. The molecule has 7 heteroatoms. The Kier molecular flexibility index (Phi) is 3.90. The molecule has 1 fully saturated rings. The summed E-state index contributed by atoms with van der Waals surface area (Å²) in [6.07, 6.45) is 1.30. The van der Waals surface area contributed by atoms with E-state index in [1.807, 2.05) is 0 Å². The maximum Gasteiger partial charge on any atom is 0.304 e. The van der Waals surface area contributed by atoms with E-state index in [-0.39, 0.29) is 6.04 Å². The smallest absolute Gasteiger partial charge is 0.304 e. The van der Waals surface area contributed by atoms with Gasteiger partial charge in [-0.05, 0) is 19.8 Å². The van der Waals surface area contributed by atoms with Crippen LogP contribution in [0.15, 0.2) is 0 Å². The SMILES string of the molecule is CC(CC(=O)O)S(=O)(=O)CC(=O)NC1CC1. The zero-order valence-corrected chi connectivity index (χ0v) is 9.79. The van der Waals surface area contributed by atoms with Crippen LogP contribution in [0.25, 0.3) is 0 Å². The molecule has 1 saturated carbocycles. The minimum absolute atomic E-state index is 0.109. The van der Waals surface area contributed by atoms with E-state index in [0.717, 1.165) is 12.8 Å². The van der Waals surface area contributed by atoms with Crippen LogP contribution in [0, 0.1) is 0 Å². The van der Waals surface area contributed by atoms with Crippen LogP contribution in [0.2, 0.25) is 0 Å². The van der Waals surface area contributed by atoms with Gasteiger partial charge in [-0.2, -0.15) is 0 Å². The molecule has 0 radical (unpaired) electrons. The lowest BCUT2D eigenvalue weighted by atomic mass is 10.3. The minimum atomic E-state index is -3.67. The van der Waals surface area contributed by atoms with Gasteiger partial charge in [0.15, 0.2) is 9.84 Å². The maximum atomic E-state index is 11.6. The summed E-state index contributed by atoms with van der Waals surface area (Å²) < 4.78 is 23.1. The summed E-state index contributed by atoms with van der Waals surface area (Å²) in [6, 6.07) is 0.109. The van der Waals surface area contributed by atoms with Crippen molar-refractivity contribution in [1.29, 1.82) is 0 Å². The molecule has 1 amide bonds. The molecule has 1 rings (SSSR count). The predicted molar refractivity (Wildman–Crippen MR) is 56.7 cm³/mol. The molecule has 1 aliphatic carbocycles. The average molecular weight is 249 g/mol. The molecule has 0 saturated heterocycles. The number of nitrogens with one attached hydrogen (secondary N) is 1. The van der Waals surface area contributed by atoms with Gasteiger partial charge in [0.1, 0.15) is 5.75 Å². The molecule has 16 heavy (non-hydrogen) atoms. The summed E-state index contributed by atoms with van der Waals surface area (Å²) >= 11 is 0. The van der Waals surface area contributed by atoms with Crippen LogP contribution in [-0.2, 0) is 19.4 Å². The zero-order chi connectivity index (χ0) is 12.3. The molecule has 0 aromatic rings. The first-order chi connectivity index (χ1) is 7.31. The van der Waals surface area contributed by atoms with Crippen molar-refractivity contribution in [2.45, 2.75) is 37.5 Å². The lowest BCUT2D eigenvalue weighted by Gasteiger charge is -2.10. The van der Waals surface area contributed by atoms with Gasteiger partial charge in [-0.3, -0.25) is 9.59 Å². The van der Waals surface area contributed by atoms with Crippen molar-refractivity contribution in [3.8, 4) is 0 Å². The Balaban J connectivity index is 2.48. The standard InChI is InChI=1S/C9H15NO5S/c1-6(4-9(12)13)16(14,15)5-8(11)10-7-2-3-7/h6-7H,2-5H2,1H3,(H,10,11)(H,12,13). The third-order valence-corrected chi connectivity index (χ3v) is 4.41. The maximum absolute atomic E-state index is 11.6. The molecule has 1 aliphatic rings. The Bertz CT molecular complexity index is 385. The summed E-state index contributed by atoms with van der Waals surface area (Å²) in [5.41, 5.74) is 0. The van der Waals surface area contributed by atoms with E-state index in [1.165, 1.54) is 6.92 Å². The van der Waals surface area contributed by atoms with Crippen LogP contribution in [0.3, 0.4) is 0 Å². The van der Waals surface area contributed by atoms with Gasteiger partial charge in [0, 0.05) is 6.04 Å². The van der Waals surface area contributed by atoms with E-state index in [1.54, 1.807) is 0 Å². The normalized spacial score (nSPS) is 17.8. The van der Waals surface area contributed by atoms with E-state index in [2.05, 4.69) is 5.32 Å². The number of carboxylic acids is 1. The number of amides is 1. The number of hydrogen-bond acceptors (Lipinski definition) is 4. The van der Waals surface area contributed by atoms with E-state index >= 15 is 0 Å². The molecule has 0 aliphatic heterocycles. The molecule has 1 atom stereocenters. The van der Waals surface area contributed by atoms with Crippen LogP contribution in [-0.4, -0.2) is 42.4 Å². The number of carbonyl (C=O) groups excluding carboxylic acids is 1. The number of carboxylic acid groups (broad SMARTS) is 1. The highest BCUT2D eigenvalue weighted by Crippen LogP contribution is 2.18. The molecule has 1 unspecified atom stereocenters. The van der Waals surface area contributed by atoms with Crippen LogP contribution in [0.4, 0.5) is 0 Å². The molecule has 0 heterocycles. The summed E-state index contributed by atoms with van der Waals surface area (Å²) in [5, 5.41) is 9.99. The Hall–Kier alpha value is -1.11. The van der Waals surface area contributed by atoms with Crippen LogP contribution < -0.4 is 5.32 Å². The van der Waals surface area contributed by atoms with Crippen molar-refractivity contribution in [2.24, 2.45) is 0 Å². The van der Waals surface area contributed by atoms with Crippen molar-refractivity contribution in [2.75, 3.05) is 5.75 Å². The predicted octanol–water partition coefficient (Wildman–Crippen LogP) is -0.457. The summed E-state index contributed by atoms with van der Waals surface area (Å²) in [7, 11) is -3.67. The second-order valence-corrected chi connectivity index (χ2v) is 6.48. The number of carbonyl (C=O) groups is 2. The van der Waals surface area contributed by atoms with Crippen molar-refractivity contribution < 1.29 is 23.1 Å². The van der Waals surface area contributed by atoms with Gasteiger partial charge < -0.3 is 10.4 Å². The van der Waals surface area contributed by atoms with Gasteiger partial charge in [-0.25, -0.2) is 8.42 Å². The van der Waals surface area contributed by atoms with Crippen molar-refractivity contribution in [3.63, 3.8) is 0 Å². The van der Waals surface area contributed by atoms with E-state index < -0.39 is 39.1 Å². The Morgan fingerprint density at radius 2 is 2.00 bits per heavy atom. The first-order valence-electron chi connectivity index (χ1n) is 5.04. The van der Waals surface area contributed by atoms with Crippen LogP contribution >= 0.6 is 0 Å². The van der Waals surface area contributed by atoms with Gasteiger partial charge in [0.05, 0.1) is 11.7 Å². The van der Waals surface area contributed by atoms with Gasteiger partial charge in [-0.15, -0.1) is 0 Å². The number of aliphatic carboxylic acids is 1. The quantitative estimate of drug-likeness (QED) is 0.663. The molecular formula is C9H15NO5S. The number of hydrogen-bond donors (Lipinski definition) is 2. The topological polar surface area (TPSA) is 101 Å². The Labute approximate surface area is 93.9 Å². The summed E-state index contributed by atoms with van der Waals surface area (Å²) in [5.74, 6) is -2.35. The molecule has 0 bridgehead atoms. The van der Waals surface area contributed by atoms with Crippen LogP contribution in [0.5, 0.6) is 0 Å². The zero-order valence-electron chi connectivity index (χ0n) is 8.97. The summed E-state index contributed by atoms with van der Waals surface area (Å²) in [4.78, 5) is 21.6. The fraction of sp³-hybridized carbons (Fsp3) is 0.778. The highest BCUT2D eigenvalue weighted by Gasteiger charge is 2.29. The first-order valence-corrected chi connectivity index (χ1v) is 6.75. The number of rotatable bonds is 6. The van der Waals surface area contributed by atoms with Gasteiger partial charge in [0.2, 0.25) is 5.91 Å². The van der Waals surface area contributed by atoms with Gasteiger partial charge >= 0.3 is 5.97 Å². The van der Waals surface area contributed by atoms with Crippen molar-refractivity contribution in [1.82, 2.24) is 5.32 Å². The fourth-order valence-electron chi connectivity index (χ4n) is 1.19. The lowest BCUT2D eigenvalue weighted by molar-refractivity contribution is -0.137. The second-order valence-electron chi connectivity index (χ2n) is 4.06. The minimum Gasteiger partial charge on any atom is -0.481 e. The molecule has 0 aromatic carbocycles. The third-order valence-electron chi connectivity index (χ3n) is 2.35. The monoisotopic (exact) mass is 249 g/mol. The molecule has 2 N–H and O–H groups in total. The first kappa shape index (κ1) is 13.0.